The van der Waals surface area contributed by atoms with Crippen LogP contribution >= 0.6 is 0 Å². The number of ether oxygens (including phenoxy) is 1. The van der Waals surface area contributed by atoms with Crippen molar-refractivity contribution in [2.75, 3.05) is 19.7 Å². The maximum atomic E-state index is 5.98. The molecule has 15 heavy (non-hydrogen) atoms. The summed E-state index contributed by atoms with van der Waals surface area (Å²) in [6, 6.07) is 0.490. The monoisotopic (exact) mass is 214 g/mol. The molecule has 3 heteroatoms. The summed E-state index contributed by atoms with van der Waals surface area (Å²) >= 11 is 0. The largest absolute Gasteiger partial charge is 0.376 e. The van der Waals surface area contributed by atoms with Crippen molar-refractivity contribution in [3.8, 4) is 0 Å². The Morgan fingerprint density at radius 1 is 1.33 bits per heavy atom. The number of hydrogen-bond acceptors (Lipinski definition) is 3. The molecule has 0 bridgehead atoms. The highest BCUT2D eigenvalue weighted by Gasteiger charge is 2.38. The fourth-order valence-corrected chi connectivity index (χ4v) is 2.63. The van der Waals surface area contributed by atoms with E-state index in [9.17, 15) is 0 Å². The summed E-state index contributed by atoms with van der Waals surface area (Å²) in [5.74, 6) is 0. The lowest BCUT2D eigenvalue weighted by Crippen LogP contribution is -2.61. The molecular weight excluding hydrogens is 188 g/mol. The molecule has 90 valence electrons. The lowest BCUT2D eigenvalue weighted by molar-refractivity contribution is -0.0947. The quantitative estimate of drug-likeness (QED) is 0.773. The van der Waals surface area contributed by atoms with Gasteiger partial charge in [-0.25, -0.2) is 0 Å². The van der Waals surface area contributed by atoms with E-state index in [2.05, 4.69) is 32.6 Å². The number of nitrogens with zero attached hydrogens (tertiary/aromatic N) is 1. The highest BCUT2D eigenvalue weighted by atomic mass is 16.5. The van der Waals surface area contributed by atoms with E-state index >= 15 is 0 Å². The van der Waals surface area contributed by atoms with E-state index < -0.39 is 0 Å². The van der Waals surface area contributed by atoms with Crippen LogP contribution in [-0.2, 0) is 4.74 Å². The molecule has 0 aliphatic carbocycles. The molecule has 0 radical (unpaired) electrons. The minimum Gasteiger partial charge on any atom is -0.376 e. The first-order valence-electron chi connectivity index (χ1n) is 6.18. The Hall–Kier alpha value is -0.120. The van der Waals surface area contributed by atoms with Gasteiger partial charge >= 0.3 is 0 Å². The molecule has 0 amide bonds. The minimum atomic E-state index is 0.178. The fraction of sp³-hybridized carbons (Fsp3) is 1.00. The van der Waals surface area contributed by atoms with E-state index in [4.69, 9.17) is 10.5 Å². The van der Waals surface area contributed by atoms with Crippen LogP contribution in [0.4, 0.5) is 0 Å². The van der Waals surface area contributed by atoms with Gasteiger partial charge in [-0.3, -0.25) is 4.90 Å². The summed E-state index contributed by atoms with van der Waals surface area (Å²) in [4.78, 5) is 2.56. The van der Waals surface area contributed by atoms with E-state index in [0.717, 1.165) is 32.5 Å². The molecule has 1 heterocycles. The molecule has 2 unspecified atom stereocenters. The molecule has 0 aromatic rings. The Kier molecular flexibility index (Phi) is 4.56. The van der Waals surface area contributed by atoms with Crippen molar-refractivity contribution in [2.45, 2.75) is 58.2 Å². The topological polar surface area (TPSA) is 38.5 Å². The van der Waals surface area contributed by atoms with E-state index in [1.165, 1.54) is 0 Å². The molecule has 1 rings (SSSR count). The van der Waals surface area contributed by atoms with E-state index in [-0.39, 0.29) is 5.54 Å². The average molecular weight is 214 g/mol. The molecule has 3 nitrogen and oxygen atoms in total. The first-order chi connectivity index (χ1) is 7.09. The number of nitrogens with two attached hydrogens (primary N) is 1. The predicted molar refractivity (Wildman–Crippen MR) is 63.9 cm³/mol. The second-order valence-electron chi connectivity index (χ2n) is 4.78. The van der Waals surface area contributed by atoms with Crippen LogP contribution in [0.25, 0.3) is 0 Å². The lowest BCUT2D eigenvalue weighted by atomic mass is 9.88. The number of hydrogen-bond donors (Lipinski definition) is 1. The molecule has 0 spiro atoms. The van der Waals surface area contributed by atoms with Crippen molar-refractivity contribution in [2.24, 2.45) is 5.73 Å². The molecular formula is C12H26N2O. The second kappa shape index (κ2) is 5.28. The molecule has 2 N–H and O–H groups in total. The third-order valence-electron chi connectivity index (χ3n) is 3.91. The molecule has 1 fully saturated rings. The molecule has 2 atom stereocenters. The second-order valence-corrected chi connectivity index (χ2v) is 4.78. The fourth-order valence-electron chi connectivity index (χ4n) is 2.63. The Morgan fingerprint density at radius 2 is 1.93 bits per heavy atom. The van der Waals surface area contributed by atoms with Crippen molar-refractivity contribution < 1.29 is 4.74 Å². The SMILES string of the molecule is CCC(CC)(CN)N1CC(C)OCC1C. The van der Waals surface area contributed by atoms with Gasteiger partial charge in [0, 0.05) is 24.7 Å². The summed E-state index contributed by atoms with van der Waals surface area (Å²) < 4.78 is 5.67. The smallest absolute Gasteiger partial charge is 0.0675 e. The number of rotatable bonds is 4. The summed E-state index contributed by atoms with van der Waals surface area (Å²) in [6.45, 7) is 11.5. The minimum absolute atomic E-state index is 0.178. The Bertz CT molecular complexity index is 184. The van der Waals surface area contributed by atoms with Crippen LogP contribution in [0.15, 0.2) is 0 Å². The third kappa shape index (κ3) is 2.52. The van der Waals surface area contributed by atoms with Gasteiger partial charge in [0.15, 0.2) is 0 Å². The third-order valence-corrected chi connectivity index (χ3v) is 3.91. The van der Waals surface area contributed by atoms with Crippen molar-refractivity contribution in [1.82, 2.24) is 4.90 Å². The van der Waals surface area contributed by atoms with Gasteiger partial charge in [0.25, 0.3) is 0 Å². The van der Waals surface area contributed by atoms with Gasteiger partial charge in [-0.05, 0) is 26.7 Å². The van der Waals surface area contributed by atoms with E-state index in [1.54, 1.807) is 0 Å². The van der Waals surface area contributed by atoms with Gasteiger partial charge in [0.05, 0.1) is 12.7 Å². The molecule has 0 saturated carbocycles. The van der Waals surface area contributed by atoms with Gasteiger partial charge in [0.1, 0.15) is 0 Å². The maximum absolute atomic E-state index is 5.98. The van der Waals surface area contributed by atoms with Crippen LogP contribution in [0, 0.1) is 0 Å². The van der Waals surface area contributed by atoms with Crippen LogP contribution in [0.3, 0.4) is 0 Å². The molecule has 1 aliphatic rings. The van der Waals surface area contributed by atoms with E-state index in [0.29, 0.717) is 12.1 Å². The van der Waals surface area contributed by atoms with Gasteiger partial charge in [-0.15, -0.1) is 0 Å². The van der Waals surface area contributed by atoms with Crippen LogP contribution < -0.4 is 5.73 Å². The Balaban J connectivity index is 2.80. The Labute approximate surface area is 94.0 Å². The normalized spacial score (nSPS) is 29.4. The summed E-state index contributed by atoms with van der Waals surface area (Å²) in [7, 11) is 0. The van der Waals surface area contributed by atoms with E-state index in [1.807, 2.05) is 0 Å². The summed E-state index contributed by atoms with van der Waals surface area (Å²) in [6.07, 6.45) is 2.58. The zero-order chi connectivity index (χ0) is 11.5. The van der Waals surface area contributed by atoms with Crippen molar-refractivity contribution >= 4 is 0 Å². The molecule has 0 aromatic heterocycles. The van der Waals surface area contributed by atoms with Gasteiger partial charge in [-0.2, -0.15) is 0 Å². The van der Waals surface area contributed by atoms with Gasteiger partial charge in [-0.1, -0.05) is 13.8 Å². The van der Waals surface area contributed by atoms with Crippen molar-refractivity contribution in [3.63, 3.8) is 0 Å². The summed E-state index contributed by atoms with van der Waals surface area (Å²) in [5, 5.41) is 0. The molecule has 0 aromatic carbocycles. The zero-order valence-electron chi connectivity index (χ0n) is 10.6. The van der Waals surface area contributed by atoms with Crippen LogP contribution in [0.2, 0.25) is 0 Å². The average Bonchev–Trinajstić information content (AvgIpc) is 2.26. The molecule has 1 aliphatic heterocycles. The van der Waals surface area contributed by atoms with Crippen molar-refractivity contribution in [1.29, 1.82) is 0 Å². The van der Waals surface area contributed by atoms with Crippen LogP contribution in [0.5, 0.6) is 0 Å². The highest BCUT2D eigenvalue weighted by molar-refractivity contribution is 4.94. The first-order valence-corrected chi connectivity index (χ1v) is 6.18. The van der Waals surface area contributed by atoms with Gasteiger partial charge in [0.2, 0.25) is 0 Å². The molecule has 1 saturated heterocycles. The van der Waals surface area contributed by atoms with Crippen LogP contribution in [-0.4, -0.2) is 42.3 Å². The lowest BCUT2D eigenvalue weighted by Gasteiger charge is -2.49. The predicted octanol–water partition coefficient (Wildman–Crippen LogP) is 1.61. The van der Waals surface area contributed by atoms with Gasteiger partial charge < -0.3 is 10.5 Å². The number of morpholine rings is 1. The standard InChI is InChI=1S/C12H26N2O/c1-5-12(6-2,9-13)14-7-11(4)15-8-10(14)3/h10-11H,5-9,13H2,1-4H3. The highest BCUT2D eigenvalue weighted by Crippen LogP contribution is 2.28. The summed E-state index contributed by atoms with van der Waals surface area (Å²) in [5.41, 5.74) is 6.16. The Morgan fingerprint density at radius 3 is 2.40 bits per heavy atom. The first kappa shape index (κ1) is 12.9. The van der Waals surface area contributed by atoms with Crippen LogP contribution in [0.1, 0.15) is 40.5 Å². The zero-order valence-corrected chi connectivity index (χ0v) is 10.6. The maximum Gasteiger partial charge on any atom is 0.0675 e. The van der Waals surface area contributed by atoms with Crippen molar-refractivity contribution in [3.05, 3.63) is 0 Å².